The van der Waals surface area contributed by atoms with Gasteiger partial charge in [-0.25, -0.2) is 0 Å². The monoisotopic (exact) mass is 349 g/mol. The number of hydrogen-bond acceptors (Lipinski definition) is 3. The van der Waals surface area contributed by atoms with Crippen molar-refractivity contribution in [3.05, 3.63) is 16.0 Å². The van der Waals surface area contributed by atoms with E-state index in [4.69, 9.17) is 5.73 Å². The molecule has 1 heterocycles. The van der Waals surface area contributed by atoms with Crippen LogP contribution in [0.1, 0.15) is 25.7 Å². The molecule has 1 aromatic heterocycles. The van der Waals surface area contributed by atoms with Crippen LogP contribution < -0.4 is 5.73 Å². The highest BCUT2D eigenvalue weighted by Crippen LogP contribution is 2.36. The Bertz CT molecular complexity index is 421. The Hall–Kier alpha value is -0.630. The van der Waals surface area contributed by atoms with Crippen molar-refractivity contribution in [3.63, 3.8) is 0 Å². The molecule has 3 N–H and O–H groups in total. The average molecular weight is 349 g/mol. The third-order valence-corrected chi connectivity index (χ3v) is 4.14. The number of hydrogen-bond donors (Lipinski definition) is 2. The summed E-state index contributed by atoms with van der Waals surface area (Å²) in [5.41, 5.74) is 4.96. The molecule has 17 heavy (non-hydrogen) atoms. The first kappa shape index (κ1) is 12.8. The van der Waals surface area contributed by atoms with Gasteiger partial charge in [0.25, 0.3) is 0 Å². The molecule has 0 aliphatic heterocycles. The number of carboxylic acids is 1. The van der Waals surface area contributed by atoms with Crippen LogP contribution in [-0.2, 0) is 11.3 Å². The molecule has 1 aromatic rings. The minimum absolute atomic E-state index is 0.0573. The Balaban J connectivity index is 1.97. The molecule has 5 nitrogen and oxygen atoms in total. The Labute approximate surface area is 114 Å². The van der Waals surface area contributed by atoms with Crippen molar-refractivity contribution in [1.82, 2.24) is 9.78 Å². The Morgan fingerprint density at radius 2 is 2.53 bits per heavy atom. The molecule has 0 spiro atoms. The van der Waals surface area contributed by atoms with Crippen molar-refractivity contribution in [2.24, 2.45) is 11.7 Å². The van der Waals surface area contributed by atoms with Gasteiger partial charge in [-0.2, -0.15) is 5.10 Å². The second-order valence-corrected chi connectivity index (χ2v) is 5.89. The van der Waals surface area contributed by atoms with E-state index < -0.39 is 11.5 Å². The maximum absolute atomic E-state index is 11.2. The summed E-state index contributed by atoms with van der Waals surface area (Å²) in [5.74, 6) is -0.808. The van der Waals surface area contributed by atoms with Crippen molar-refractivity contribution >= 4 is 28.6 Å². The normalized spacial score (nSPS) is 28.5. The van der Waals surface area contributed by atoms with Crippen LogP contribution in [0, 0.1) is 9.49 Å². The first-order chi connectivity index (χ1) is 8.02. The van der Waals surface area contributed by atoms with Gasteiger partial charge < -0.3 is 10.8 Å². The second kappa shape index (κ2) is 4.93. The Morgan fingerprint density at radius 1 is 1.76 bits per heavy atom. The van der Waals surface area contributed by atoms with Crippen LogP contribution in [0.5, 0.6) is 0 Å². The standard InChI is InChI=1S/C11H16IN3O2/c12-9-6-14-15(7-9)5-3-8-2-1-4-11(8,13)10(16)17/h6-8H,1-5,13H2,(H,16,17). The summed E-state index contributed by atoms with van der Waals surface area (Å²) in [6, 6.07) is 0. The maximum atomic E-state index is 11.2. The van der Waals surface area contributed by atoms with Gasteiger partial charge in [-0.3, -0.25) is 9.48 Å². The zero-order valence-corrected chi connectivity index (χ0v) is 11.6. The zero-order valence-electron chi connectivity index (χ0n) is 9.47. The topological polar surface area (TPSA) is 81.1 Å². The van der Waals surface area contributed by atoms with Gasteiger partial charge >= 0.3 is 5.97 Å². The molecule has 2 atom stereocenters. The fourth-order valence-corrected chi connectivity index (χ4v) is 2.98. The van der Waals surface area contributed by atoms with Gasteiger partial charge in [0, 0.05) is 12.7 Å². The van der Waals surface area contributed by atoms with Crippen LogP contribution in [0.2, 0.25) is 0 Å². The van der Waals surface area contributed by atoms with Crippen molar-refractivity contribution in [1.29, 1.82) is 0 Å². The average Bonchev–Trinajstić information content (AvgIpc) is 2.83. The molecule has 1 fully saturated rings. The molecule has 2 rings (SSSR count). The van der Waals surface area contributed by atoms with E-state index in [2.05, 4.69) is 27.7 Å². The summed E-state index contributed by atoms with van der Waals surface area (Å²) < 4.78 is 2.94. The van der Waals surface area contributed by atoms with E-state index in [0.29, 0.717) is 6.42 Å². The van der Waals surface area contributed by atoms with E-state index in [1.807, 2.05) is 10.9 Å². The summed E-state index contributed by atoms with van der Waals surface area (Å²) in [5, 5.41) is 13.4. The highest BCUT2D eigenvalue weighted by Gasteiger charge is 2.45. The molecule has 0 amide bonds. The molecule has 0 bridgehead atoms. The predicted octanol–water partition coefficient (Wildman–Crippen LogP) is 1.46. The molecule has 1 aliphatic rings. The van der Waals surface area contributed by atoms with E-state index in [0.717, 1.165) is 29.4 Å². The maximum Gasteiger partial charge on any atom is 0.323 e. The lowest BCUT2D eigenvalue weighted by molar-refractivity contribution is -0.144. The molecule has 0 saturated heterocycles. The highest BCUT2D eigenvalue weighted by atomic mass is 127. The van der Waals surface area contributed by atoms with E-state index in [-0.39, 0.29) is 5.92 Å². The van der Waals surface area contributed by atoms with Crippen molar-refractivity contribution in [2.45, 2.75) is 37.8 Å². The SMILES string of the molecule is NC1(C(=O)O)CCCC1CCn1cc(I)cn1. The van der Waals surface area contributed by atoms with Crippen LogP contribution in [0.25, 0.3) is 0 Å². The summed E-state index contributed by atoms with van der Waals surface area (Å²) in [6.45, 7) is 0.736. The van der Waals surface area contributed by atoms with Gasteiger partial charge in [-0.1, -0.05) is 6.42 Å². The lowest BCUT2D eigenvalue weighted by Crippen LogP contribution is -2.51. The third kappa shape index (κ3) is 2.62. The van der Waals surface area contributed by atoms with E-state index in [1.54, 1.807) is 6.20 Å². The minimum atomic E-state index is -1.03. The molecular formula is C11H16IN3O2. The number of rotatable bonds is 4. The fourth-order valence-electron chi connectivity index (χ4n) is 2.53. The largest absolute Gasteiger partial charge is 0.480 e. The van der Waals surface area contributed by atoms with Crippen LogP contribution in [0.3, 0.4) is 0 Å². The summed E-state index contributed by atoms with van der Waals surface area (Å²) in [7, 11) is 0. The number of carboxylic acid groups (broad SMARTS) is 1. The number of halogens is 1. The third-order valence-electron chi connectivity index (χ3n) is 3.58. The molecule has 0 aromatic carbocycles. The second-order valence-electron chi connectivity index (χ2n) is 4.64. The van der Waals surface area contributed by atoms with Gasteiger partial charge in [0.2, 0.25) is 0 Å². The fraction of sp³-hybridized carbons (Fsp3) is 0.636. The minimum Gasteiger partial charge on any atom is -0.480 e. The van der Waals surface area contributed by atoms with Gasteiger partial charge in [0.1, 0.15) is 5.54 Å². The van der Waals surface area contributed by atoms with Crippen molar-refractivity contribution < 1.29 is 9.90 Å². The molecule has 1 aliphatic carbocycles. The number of aryl methyl sites for hydroxylation is 1. The molecule has 2 unspecified atom stereocenters. The lowest BCUT2D eigenvalue weighted by atomic mass is 9.86. The van der Waals surface area contributed by atoms with Crippen molar-refractivity contribution in [2.75, 3.05) is 0 Å². The zero-order chi connectivity index (χ0) is 12.5. The first-order valence-electron chi connectivity index (χ1n) is 5.72. The van der Waals surface area contributed by atoms with Crippen molar-refractivity contribution in [3.8, 4) is 0 Å². The van der Waals surface area contributed by atoms with Gasteiger partial charge in [-0.15, -0.1) is 0 Å². The lowest BCUT2D eigenvalue weighted by Gasteiger charge is -2.26. The summed E-state index contributed by atoms with van der Waals surface area (Å²) >= 11 is 2.20. The number of aliphatic carboxylic acids is 1. The molecule has 0 radical (unpaired) electrons. The van der Waals surface area contributed by atoms with E-state index >= 15 is 0 Å². The summed E-state index contributed by atoms with van der Waals surface area (Å²) in [6.07, 6.45) is 6.92. The predicted molar refractivity (Wildman–Crippen MR) is 71.5 cm³/mol. The molecule has 6 heteroatoms. The van der Waals surface area contributed by atoms with Gasteiger partial charge in [-0.05, 0) is 47.8 Å². The highest BCUT2D eigenvalue weighted by molar-refractivity contribution is 14.1. The smallest absolute Gasteiger partial charge is 0.323 e. The van der Waals surface area contributed by atoms with E-state index in [9.17, 15) is 9.90 Å². The van der Waals surface area contributed by atoms with Gasteiger partial charge in [0.15, 0.2) is 0 Å². The Kier molecular flexibility index (Phi) is 3.72. The number of carbonyl (C=O) groups is 1. The van der Waals surface area contributed by atoms with Crippen LogP contribution in [0.15, 0.2) is 12.4 Å². The molecule has 94 valence electrons. The molecular weight excluding hydrogens is 333 g/mol. The summed E-state index contributed by atoms with van der Waals surface area (Å²) in [4.78, 5) is 11.2. The van der Waals surface area contributed by atoms with Crippen LogP contribution in [0.4, 0.5) is 0 Å². The van der Waals surface area contributed by atoms with Gasteiger partial charge in [0.05, 0.1) is 9.77 Å². The first-order valence-corrected chi connectivity index (χ1v) is 6.80. The number of nitrogens with zero attached hydrogens (tertiary/aromatic N) is 2. The Morgan fingerprint density at radius 3 is 3.12 bits per heavy atom. The number of aromatic nitrogens is 2. The quantitative estimate of drug-likeness (QED) is 0.807. The van der Waals surface area contributed by atoms with Crippen LogP contribution in [-0.4, -0.2) is 26.4 Å². The molecule has 1 saturated carbocycles. The van der Waals surface area contributed by atoms with Crippen LogP contribution >= 0.6 is 22.6 Å². The van der Waals surface area contributed by atoms with E-state index in [1.165, 1.54) is 0 Å². The number of nitrogens with two attached hydrogens (primary N) is 1.